The number of hydrogen-bond donors (Lipinski definition) is 2. The number of aromatic nitrogens is 2. The third-order valence-electron chi connectivity index (χ3n) is 13.2. The molecule has 4 aromatic carbocycles. The summed E-state index contributed by atoms with van der Waals surface area (Å²) in [5, 5.41) is 7.11. The molecule has 6 aromatic rings. The number of carbonyl (C=O) groups excluding carboxylic acids is 4. The second-order valence-corrected chi connectivity index (χ2v) is 19.9. The van der Waals surface area contributed by atoms with Crippen LogP contribution in [0.2, 0.25) is 0 Å². The van der Waals surface area contributed by atoms with Gasteiger partial charge in [0.15, 0.2) is 0 Å². The highest BCUT2D eigenvalue weighted by atomic mass is 32.1. The van der Waals surface area contributed by atoms with Crippen molar-refractivity contribution in [3.8, 4) is 32.0 Å². The minimum atomic E-state index is -1.24. The maximum atomic E-state index is 15.2. The van der Waals surface area contributed by atoms with Gasteiger partial charge in [0.1, 0.15) is 34.4 Å². The van der Waals surface area contributed by atoms with E-state index in [0.717, 1.165) is 32.0 Å². The molecular weight excluding hydrogens is 935 g/mol. The average Bonchev–Trinajstić information content (AvgIpc) is 4.25. The van der Waals surface area contributed by atoms with E-state index >= 15 is 8.78 Å². The Labute approximate surface area is 412 Å². The van der Waals surface area contributed by atoms with E-state index < -0.39 is 36.5 Å². The summed E-state index contributed by atoms with van der Waals surface area (Å²) in [5.74, 6) is -0.771. The van der Waals surface area contributed by atoms with E-state index in [9.17, 15) is 19.2 Å². The number of nitrogens with one attached hydrogen (secondary N) is 2. The van der Waals surface area contributed by atoms with Gasteiger partial charge < -0.3 is 39.7 Å². The Morgan fingerprint density at radius 3 is 1.26 bits per heavy atom. The van der Waals surface area contributed by atoms with Crippen LogP contribution in [0.1, 0.15) is 58.2 Å². The van der Waals surface area contributed by atoms with E-state index in [1.807, 2.05) is 84.9 Å². The van der Waals surface area contributed by atoms with Crippen LogP contribution in [0.4, 0.5) is 18.4 Å². The summed E-state index contributed by atoms with van der Waals surface area (Å²) in [4.78, 5) is 72.7. The zero-order chi connectivity index (χ0) is 48.1. The van der Waals surface area contributed by atoms with Gasteiger partial charge in [0, 0.05) is 51.4 Å². The average molecular weight is 987 g/mol. The van der Waals surface area contributed by atoms with E-state index in [1.165, 1.54) is 32.5 Å². The maximum Gasteiger partial charge on any atom is 0.318 e. The van der Waals surface area contributed by atoms with Gasteiger partial charge in [-0.05, 0) is 33.4 Å². The van der Waals surface area contributed by atoms with E-state index in [4.69, 9.17) is 19.4 Å². The van der Waals surface area contributed by atoms with Crippen LogP contribution in [0, 0.1) is 0 Å². The molecule has 4 aliphatic rings. The molecule has 362 valence electrons. The molecule has 0 unspecified atom stereocenters. The highest BCUT2D eigenvalue weighted by Gasteiger charge is 2.43. The molecule has 0 radical (unpaired) electrons. The number of amides is 6. The third-order valence-corrected chi connectivity index (χ3v) is 15.5. The number of nitrogens with zero attached hydrogens (tertiary/aromatic N) is 6. The van der Waals surface area contributed by atoms with E-state index in [-0.39, 0.29) is 49.8 Å². The summed E-state index contributed by atoms with van der Waals surface area (Å²) in [6, 6.07) is 30.3. The SMILES string of the molecule is O=C(N[C@@H](C(=O)N1C[C@H](F)C[C@H]1c1ncc(-c2ccc(-c3ccc(-c4cnc([C@@H]5C[C@@H](F)CN5C(=O)[C@H](NC(=O)N5CCOCC5)c5ccccc5)s4)cc3)cc2)s1)c1ccccc1)N1CCOCC1. The van der Waals surface area contributed by atoms with Gasteiger partial charge in [-0.1, -0.05) is 109 Å². The third kappa shape index (κ3) is 10.3. The van der Waals surface area contributed by atoms with Crippen LogP contribution in [0.25, 0.3) is 32.0 Å². The Hall–Kier alpha value is -6.60. The summed E-state index contributed by atoms with van der Waals surface area (Å²) in [5.41, 5.74) is 5.07. The zero-order valence-electron chi connectivity index (χ0n) is 38.2. The van der Waals surface area contributed by atoms with E-state index in [2.05, 4.69) is 10.6 Å². The highest BCUT2D eigenvalue weighted by Crippen LogP contribution is 2.42. The van der Waals surface area contributed by atoms with Gasteiger partial charge in [-0.2, -0.15) is 0 Å². The minimum Gasteiger partial charge on any atom is -0.378 e. The van der Waals surface area contributed by atoms with Gasteiger partial charge in [-0.3, -0.25) is 9.59 Å². The van der Waals surface area contributed by atoms with Crippen LogP contribution in [-0.4, -0.2) is 131 Å². The topological polar surface area (TPSA) is 150 Å². The molecular formula is C52H52F2N8O6S2. The van der Waals surface area contributed by atoms with Crippen molar-refractivity contribution in [2.45, 2.75) is 49.4 Å². The number of benzene rings is 4. The minimum absolute atomic E-state index is 0.0968. The molecule has 18 heteroatoms. The van der Waals surface area contributed by atoms with Crippen LogP contribution >= 0.6 is 22.7 Å². The smallest absolute Gasteiger partial charge is 0.318 e. The molecule has 6 atom stereocenters. The molecule has 0 spiro atoms. The molecule has 0 saturated carbocycles. The lowest BCUT2D eigenvalue weighted by atomic mass is 10.0. The zero-order valence-corrected chi connectivity index (χ0v) is 39.8. The number of hydrogen-bond acceptors (Lipinski definition) is 10. The molecule has 4 fully saturated rings. The number of ether oxygens (including phenoxy) is 2. The second-order valence-electron chi connectivity index (χ2n) is 17.7. The summed E-state index contributed by atoms with van der Waals surface area (Å²) in [6.07, 6.45) is 1.26. The van der Waals surface area contributed by atoms with Crippen molar-refractivity contribution < 1.29 is 37.4 Å². The number of halogens is 2. The monoisotopic (exact) mass is 986 g/mol. The van der Waals surface area contributed by atoms with Gasteiger partial charge >= 0.3 is 12.1 Å². The maximum absolute atomic E-state index is 15.2. The van der Waals surface area contributed by atoms with Crippen LogP contribution in [0.15, 0.2) is 122 Å². The first kappa shape index (κ1) is 47.1. The number of likely N-dealkylation sites (tertiary alicyclic amines) is 2. The van der Waals surface area contributed by atoms with Gasteiger partial charge in [-0.15, -0.1) is 22.7 Å². The van der Waals surface area contributed by atoms with E-state index in [1.54, 1.807) is 46.5 Å². The molecule has 14 nitrogen and oxygen atoms in total. The van der Waals surface area contributed by atoms with Crippen LogP contribution < -0.4 is 10.6 Å². The van der Waals surface area contributed by atoms with Crippen molar-refractivity contribution in [3.63, 3.8) is 0 Å². The molecule has 6 heterocycles. The van der Waals surface area contributed by atoms with Crippen molar-refractivity contribution >= 4 is 46.6 Å². The molecule has 2 N–H and O–H groups in total. The predicted molar refractivity (Wildman–Crippen MR) is 262 cm³/mol. The Balaban J connectivity index is 0.804. The number of rotatable bonds is 11. The van der Waals surface area contributed by atoms with Gasteiger partial charge in [0.2, 0.25) is 0 Å². The Morgan fingerprint density at radius 2 is 0.886 bits per heavy atom. The first-order chi connectivity index (χ1) is 34.2. The molecule has 70 heavy (non-hydrogen) atoms. The number of carbonyl (C=O) groups is 4. The summed E-state index contributed by atoms with van der Waals surface area (Å²) in [6.45, 7) is 3.15. The first-order valence-corrected chi connectivity index (χ1v) is 25.2. The fourth-order valence-corrected chi connectivity index (χ4v) is 11.6. The lowest BCUT2D eigenvalue weighted by Gasteiger charge is -2.32. The van der Waals surface area contributed by atoms with Gasteiger partial charge in [-0.25, -0.2) is 28.3 Å². The largest absolute Gasteiger partial charge is 0.378 e. The molecule has 0 aliphatic carbocycles. The number of morpholine rings is 2. The Morgan fingerprint density at radius 1 is 0.529 bits per heavy atom. The molecule has 4 saturated heterocycles. The van der Waals surface area contributed by atoms with Crippen molar-refractivity contribution in [1.82, 2.24) is 40.2 Å². The lowest BCUT2D eigenvalue weighted by molar-refractivity contribution is -0.135. The quantitative estimate of drug-likeness (QED) is 0.132. The standard InChI is InChI=1S/C52H52F2N8O6S2/c53-39-27-41(61(31-39)49(63)45(37-7-3-1-4-8-37)57-51(65)59-19-23-67-24-20-59)47-55-29-43(69-47)35-15-11-33(12-16-35)34-13-17-36(18-14-34)44-30-56-48(70-44)42-28-40(54)32-62(42)50(64)46(38-9-5-2-6-10-38)58-52(66)60-21-25-68-26-22-60/h1-18,29-30,39-42,45-46H,19-28,31-32H2,(H,57,65)(H,58,66)/t39-,40-,41+,42+,45-,46-/m1/s1. The molecule has 0 bridgehead atoms. The molecule has 2 aromatic heterocycles. The van der Waals surface area contributed by atoms with Gasteiger partial charge in [0.25, 0.3) is 11.8 Å². The summed E-state index contributed by atoms with van der Waals surface area (Å²) >= 11 is 2.84. The van der Waals surface area contributed by atoms with Crippen molar-refractivity contribution in [3.05, 3.63) is 143 Å². The van der Waals surface area contributed by atoms with Gasteiger partial charge in [0.05, 0.1) is 61.4 Å². The summed E-state index contributed by atoms with van der Waals surface area (Å²) in [7, 11) is 0. The van der Waals surface area contributed by atoms with Crippen molar-refractivity contribution in [2.24, 2.45) is 0 Å². The van der Waals surface area contributed by atoms with Crippen molar-refractivity contribution in [2.75, 3.05) is 65.7 Å². The van der Waals surface area contributed by atoms with Crippen LogP contribution in [0.3, 0.4) is 0 Å². The molecule has 4 aliphatic heterocycles. The Bertz CT molecular complexity index is 2580. The van der Waals surface area contributed by atoms with Crippen molar-refractivity contribution in [1.29, 1.82) is 0 Å². The number of thiazole rings is 2. The fraction of sp³-hybridized carbons (Fsp3) is 0.346. The molecule has 10 rings (SSSR count). The highest BCUT2D eigenvalue weighted by molar-refractivity contribution is 7.15. The predicted octanol–water partition coefficient (Wildman–Crippen LogP) is 8.39. The molecule has 6 amide bonds. The lowest BCUT2D eigenvalue weighted by Crippen LogP contribution is -2.50. The normalized spacial score (nSPS) is 21.3. The fourth-order valence-electron chi connectivity index (χ4n) is 9.49. The number of urea groups is 2. The van der Waals surface area contributed by atoms with Crippen LogP contribution in [-0.2, 0) is 19.1 Å². The summed E-state index contributed by atoms with van der Waals surface area (Å²) < 4.78 is 41.3. The first-order valence-electron chi connectivity index (χ1n) is 23.5. The Kier molecular flexibility index (Phi) is 14.2. The number of alkyl halides is 2. The van der Waals surface area contributed by atoms with Crippen LogP contribution in [0.5, 0.6) is 0 Å². The van der Waals surface area contributed by atoms with E-state index in [0.29, 0.717) is 73.7 Å². The second kappa shape index (κ2) is 21.2.